The number of nitrogens with one attached hydrogen (secondary N) is 1. The van der Waals surface area contributed by atoms with Gasteiger partial charge in [0.1, 0.15) is 6.54 Å². The maximum Gasteiger partial charge on any atom is 0.402 e. The van der Waals surface area contributed by atoms with E-state index < -0.39 is 22.7 Å². The van der Waals surface area contributed by atoms with Crippen molar-refractivity contribution in [2.24, 2.45) is 5.92 Å². The lowest BCUT2D eigenvalue weighted by Gasteiger charge is -2.24. The second kappa shape index (κ2) is 6.21. The smallest absolute Gasteiger partial charge is 0.317 e. The van der Waals surface area contributed by atoms with Crippen LogP contribution in [0.15, 0.2) is 0 Å². The highest BCUT2D eigenvalue weighted by atomic mass is 32.2. The first-order chi connectivity index (χ1) is 8.21. The van der Waals surface area contributed by atoms with Crippen LogP contribution >= 0.6 is 0 Å². The van der Waals surface area contributed by atoms with E-state index in [2.05, 4.69) is 5.32 Å². The molecule has 0 bridgehead atoms. The van der Waals surface area contributed by atoms with Crippen LogP contribution in [-0.4, -0.2) is 51.3 Å². The van der Waals surface area contributed by atoms with Gasteiger partial charge in [0, 0.05) is 7.05 Å². The quantitative estimate of drug-likeness (QED) is 0.827. The predicted octanol–water partition coefficient (Wildman–Crippen LogP) is 1.20. The number of piperidine rings is 1. The maximum absolute atomic E-state index is 12.1. The molecule has 1 rings (SSSR count). The summed E-state index contributed by atoms with van der Waals surface area (Å²) in [4.78, 5) is 0. The number of hydrogen-bond acceptors (Lipinski definition) is 3. The van der Waals surface area contributed by atoms with Gasteiger partial charge in [-0.3, -0.25) is 0 Å². The van der Waals surface area contributed by atoms with E-state index in [1.54, 1.807) is 0 Å². The van der Waals surface area contributed by atoms with Crippen LogP contribution < -0.4 is 5.32 Å². The molecule has 0 aromatic carbocycles. The van der Waals surface area contributed by atoms with Crippen LogP contribution in [0.3, 0.4) is 0 Å². The Morgan fingerprint density at radius 2 is 1.83 bits per heavy atom. The molecule has 0 aromatic heterocycles. The molecule has 0 saturated carbocycles. The standard InChI is InChI=1S/C10H19F3N2O2S/c1-15(8-10(11,12)13)18(16,17)7-4-9-2-5-14-6-3-9/h9,14H,2-8H2,1H3. The van der Waals surface area contributed by atoms with Crippen LogP contribution in [0.5, 0.6) is 0 Å². The van der Waals surface area contributed by atoms with Gasteiger partial charge in [-0.05, 0) is 38.3 Å². The van der Waals surface area contributed by atoms with E-state index in [0.717, 1.165) is 33.0 Å². The maximum atomic E-state index is 12.1. The molecule has 0 atom stereocenters. The molecule has 108 valence electrons. The molecule has 1 saturated heterocycles. The van der Waals surface area contributed by atoms with E-state index >= 15 is 0 Å². The topological polar surface area (TPSA) is 49.4 Å². The molecule has 0 unspecified atom stereocenters. The molecule has 1 N–H and O–H groups in total. The van der Waals surface area contributed by atoms with Gasteiger partial charge in [-0.1, -0.05) is 0 Å². The summed E-state index contributed by atoms with van der Waals surface area (Å²) in [5, 5.41) is 3.16. The molecular weight excluding hydrogens is 269 g/mol. The number of halogens is 3. The van der Waals surface area contributed by atoms with Crippen LogP contribution in [0.25, 0.3) is 0 Å². The summed E-state index contributed by atoms with van der Waals surface area (Å²) in [6, 6.07) is 0. The Kier molecular flexibility index (Phi) is 5.42. The zero-order valence-electron chi connectivity index (χ0n) is 10.3. The van der Waals surface area contributed by atoms with Crippen LogP contribution in [0.2, 0.25) is 0 Å². The first-order valence-electron chi connectivity index (χ1n) is 5.92. The SMILES string of the molecule is CN(CC(F)(F)F)S(=O)(=O)CCC1CCNCC1. The third-order valence-electron chi connectivity index (χ3n) is 3.12. The van der Waals surface area contributed by atoms with Gasteiger partial charge in [0.15, 0.2) is 0 Å². The monoisotopic (exact) mass is 288 g/mol. The van der Waals surface area contributed by atoms with Gasteiger partial charge in [-0.25, -0.2) is 8.42 Å². The van der Waals surface area contributed by atoms with Crippen LogP contribution in [0.4, 0.5) is 13.2 Å². The zero-order chi connectivity index (χ0) is 13.8. The second-order valence-corrected chi connectivity index (χ2v) is 6.86. The average Bonchev–Trinajstić information content (AvgIpc) is 2.26. The lowest BCUT2D eigenvalue weighted by molar-refractivity contribution is -0.134. The van der Waals surface area contributed by atoms with Crippen molar-refractivity contribution >= 4 is 10.0 Å². The molecule has 1 fully saturated rings. The highest BCUT2D eigenvalue weighted by Gasteiger charge is 2.34. The Morgan fingerprint density at radius 1 is 1.28 bits per heavy atom. The largest absolute Gasteiger partial charge is 0.402 e. The van der Waals surface area contributed by atoms with Crippen LogP contribution in [0, 0.1) is 5.92 Å². The van der Waals surface area contributed by atoms with E-state index in [0.29, 0.717) is 16.6 Å². The Labute approximate surface area is 106 Å². The molecule has 0 aliphatic carbocycles. The number of rotatable bonds is 5. The van der Waals surface area contributed by atoms with Crippen molar-refractivity contribution in [3.05, 3.63) is 0 Å². The Bertz CT molecular complexity index is 351. The summed E-state index contributed by atoms with van der Waals surface area (Å²) in [6.45, 7) is 0.285. The molecule has 8 heteroatoms. The summed E-state index contributed by atoms with van der Waals surface area (Å²) in [6.07, 6.45) is -2.28. The van der Waals surface area contributed by atoms with Crippen LogP contribution in [-0.2, 0) is 10.0 Å². The lowest BCUT2D eigenvalue weighted by atomic mass is 9.96. The van der Waals surface area contributed by atoms with Crippen molar-refractivity contribution in [3.8, 4) is 0 Å². The molecule has 0 spiro atoms. The summed E-state index contributed by atoms with van der Waals surface area (Å²) in [7, 11) is -2.82. The minimum Gasteiger partial charge on any atom is -0.317 e. The van der Waals surface area contributed by atoms with E-state index in [1.807, 2.05) is 0 Å². The van der Waals surface area contributed by atoms with Gasteiger partial charge in [0.05, 0.1) is 5.75 Å². The minimum absolute atomic E-state index is 0.204. The molecule has 0 radical (unpaired) electrons. The number of nitrogens with zero attached hydrogens (tertiary/aromatic N) is 1. The lowest BCUT2D eigenvalue weighted by Crippen LogP contribution is -2.38. The van der Waals surface area contributed by atoms with Crippen molar-refractivity contribution in [2.75, 3.05) is 32.4 Å². The predicted molar refractivity (Wildman–Crippen MR) is 62.7 cm³/mol. The third kappa shape index (κ3) is 5.53. The fourth-order valence-electron chi connectivity index (χ4n) is 1.99. The van der Waals surface area contributed by atoms with E-state index in [-0.39, 0.29) is 5.75 Å². The fourth-order valence-corrected chi connectivity index (χ4v) is 3.28. The molecule has 1 aliphatic rings. The van der Waals surface area contributed by atoms with E-state index in [1.165, 1.54) is 0 Å². The van der Waals surface area contributed by atoms with Gasteiger partial charge in [0.2, 0.25) is 10.0 Å². The summed E-state index contributed by atoms with van der Waals surface area (Å²) in [5.41, 5.74) is 0. The molecule has 18 heavy (non-hydrogen) atoms. The number of alkyl halides is 3. The normalized spacial score (nSPS) is 19.4. The van der Waals surface area contributed by atoms with Crippen molar-refractivity contribution in [3.63, 3.8) is 0 Å². The molecule has 4 nitrogen and oxygen atoms in total. The van der Waals surface area contributed by atoms with Crippen molar-refractivity contribution in [1.29, 1.82) is 0 Å². The van der Waals surface area contributed by atoms with Crippen LogP contribution in [0.1, 0.15) is 19.3 Å². The molecular formula is C10H19F3N2O2S. The second-order valence-electron chi connectivity index (χ2n) is 4.67. The Morgan fingerprint density at radius 3 is 2.33 bits per heavy atom. The van der Waals surface area contributed by atoms with E-state index in [4.69, 9.17) is 0 Å². The fraction of sp³-hybridized carbons (Fsp3) is 1.00. The zero-order valence-corrected chi connectivity index (χ0v) is 11.1. The molecule has 1 heterocycles. The van der Waals surface area contributed by atoms with Crippen molar-refractivity contribution in [1.82, 2.24) is 9.62 Å². The minimum atomic E-state index is -4.49. The number of hydrogen-bond donors (Lipinski definition) is 1. The highest BCUT2D eigenvalue weighted by Crippen LogP contribution is 2.20. The average molecular weight is 288 g/mol. The van der Waals surface area contributed by atoms with Crippen molar-refractivity contribution < 1.29 is 21.6 Å². The van der Waals surface area contributed by atoms with Gasteiger partial charge in [-0.2, -0.15) is 17.5 Å². The highest BCUT2D eigenvalue weighted by molar-refractivity contribution is 7.89. The summed E-state index contributed by atoms with van der Waals surface area (Å²) >= 11 is 0. The Balaban J connectivity index is 2.43. The molecule has 1 aliphatic heterocycles. The summed E-state index contributed by atoms with van der Waals surface area (Å²) < 4.78 is 60.1. The van der Waals surface area contributed by atoms with E-state index in [9.17, 15) is 21.6 Å². The Hall–Kier alpha value is -0.340. The first-order valence-corrected chi connectivity index (χ1v) is 7.53. The number of sulfonamides is 1. The van der Waals surface area contributed by atoms with Gasteiger partial charge in [0.25, 0.3) is 0 Å². The third-order valence-corrected chi connectivity index (χ3v) is 4.95. The summed E-state index contributed by atoms with van der Waals surface area (Å²) in [5.74, 6) is 0.0878. The molecule has 0 amide bonds. The van der Waals surface area contributed by atoms with Gasteiger partial charge in [-0.15, -0.1) is 0 Å². The van der Waals surface area contributed by atoms with Gasteiger partial charge < -0.3 is 5.32 Å². The van der Waals surface area contributed by atoms with Crippen molar-refractivity contribution in [2.45, 2.75) is 25.4 Å². The first kappa shape index (κ1) is 15.7. The molecule has 0 aromatic rings. The van der Waals surface area contributed by atoms with Gasteiger partial charge >= 0.3 is 6.18 Å².